The fourth-order valence-corrected chi connectivity index (χ4v) is 2.89. The number of rotatable bonds is 18. The molecule has 1 N–H and O–H groups in total. The van der Waals surface area contributed by atoms with Crippen LogP contribution in [0.1, 0.15) is 110 Å². The summed E-state index contributed by atoms with van der Waals surface area (Å²) in [6.07, 6.45) is 18.6. The van der Waals surface area contributed by atoms with E-state index < -0.39 is 17.5 Å². The molecule has 24 heavy (non-hydrogen) atoms. The molecule has 140 valence electrons. The Kier molecular flexibility index (Phi) is 15.8. The van der Waals surface area contributed by atoms with Crippen LogP contribution in [-0.2, 0) is 14.4 Å². The molecule has 0 aliphatic rings. The van der Waals surface area contributed by atoms with Crippen molar-refractivity contribution in [2.24, 2.45) is 0 Å². The van der Waals surface area contributed by atoms with Crippen LogP contribution in [0.15, 0.2) is 0 Å². The minimum absolute atomic E-state index is 0.0728. The van der Waals surface area contributed by atoms with Crippen LogP contribution in [0.2, 0.25) is 0 Å². The number of carboxylic acids is 1. The van der Waals surface area contributed by atoms with Crippen molar-refractivity contribution in [1.82, 2.24) is 0 Å². The van der Waals surface area contributed by atoms with Crippen molar-refractivity contribution in [3.8, 4) is 0 Å². The number of unbranched alkanes of at least 4 members (excludes halogenated alkanes) is 14. The highest BCUT2D eigenvalue weighted by molar-refractivity contribution is 6.61. The number of hydrogen-bond acceptors (Lipinski definition) is 3. The van der Waals surface area contributed by atoms with E-state index >= 15 is 0 Å². The number of Topliss-reactive ketones (excluding diaryl/α,β-unsaturated/α-hetero) is 2. The molecular formula is C20H36O4. The standard InChI is InChI=1S/C20H36O4/c1-2-3-4-5-6-7-8-9-10-11-12-13-14-15-16-17-18(21)19(22)20(23)24/h2-17H2,1H3,(H,23,24). The van der Waals surface area contributed by atoms with Gasteiger partial charge >= 0.3 is 11.8 Å². The zero-order valence-electron chi connectivity index (χ0n) is 15.5. The van der Waals surface area contributed by atoms with Gasteiger partial charge in [0, 0.05) is 6.42 Å². The van der Waals surface area contributed by atoms with E-state index in [1.807, 2.05) is 0 Å². The Labute approximate surface area is 147 Å². The average molecular weight is 341 g/mol. The molecule has 0 fully saturated rings. The molecule has 0 saturated carbocycles. The minimum Gasteiger partial charge on any atom is -0.475 e. The van der Waals surface area contributed by atoms with Crippen molar-refractivity contribution < 1.29 is 19.5 Å². The molecule has 0 unspecified atom stereocenters. The Morgan fingerprint density at radius 1 is 0.583 bits per heavy atom. The molecule has 0 heterocycles. The molecule has 0 spiro atoms. The number of carbonyl (C=O) groups excluding carboxylic acids is 2. The maximum Gasteiger partial charge on any atom is 0.380 e. The fraction of sp³-hybridized carbons (Fsp3) is 0.850. The van der Waals surface area contributed by atoms with Crippen LogP contribution in [0, 0.1) is 0 Å². The SMILES string of the molecule is CCCCCCCCCCCCCCCCCC(=O)C(=O)C(=O)O. The van der Waals surface area contributed by atoms with E-state index in [0.717, 1.165) is 19.3 Å². The first-order chi connectivity index (χ1) is 11.6. The van der Waals surface area contributed by atoms with Crippen LogP contribution in [0.25, 0.3) is 0 Å². The predicted molar refractivity (Wildman–Crippen MR) is 97.2 cm³/mol. The van der Waals surface area contributed by atoms with E-state index in [9.17, 15) is 14.4 Å². The first kappa shape index (κ1) is 22.8. The van der Waals surface area contributed by atoms with Gasteiger partial charge in [-0.05, 0) is 6.42 Å². The summed E-state index contributed by atoms with van der Waals surface area (Å²) in [5.41, 5.74) is 0. The summed E-state index contributed by atoms with van der Waals surface area (Å²) in [6.45, 7) is 2.25. The number of aliphatic carboxylic acids is 1. The Morgan fingerprint density at radius 2 is 0.917 bits per heavy atom. The van der Waals surface area contributed by atoms with Gasteiger partial charge in [-0.1, -0.05) is 96.8 Å². The van der Waals surface area contributed by atoms with E-state index in [0.29, 0.717) is 6.42 Å². The van der Waals surface area contributed by atoms with Gasteiger partial charge in [0.15, 0.2) is 0 Å². The number of ketones is 2. The van der Waals surface area contributed by atoms with Crippen molar-refractivity contribution in [2.75, 3.05) is 0 Å². The molecule has 4 heteroatoms. The van der Waals surface area contributed by atoms with Gasteiger partial charge in [-0.15, -0.1) is 0 Å². The highest BCUT2D eigenvalue weighted by Crippen LogP contribution is 2.13. The minimum atomic E-state index is -1.64. The number of carboxylic acid groups (broad SMARTS) is 1. The first-order valence-corrected chi connectivity index (χ1v) is 9.90. The second kappa shape index (κ2) is 16.7. The molecule has 0 saturated heterocycles. The first-order valence-electron chi connectivity index (χ1n) is 9.90. The Bertz CT molecular complexity index is 350. The average Bonchev–Trinajstić information content (AvgIpc) is 2.57. The molecule has 0 aromatic carbocycles. The lowest BCUT2D eigenvalue weighted by Crippen LogP contribution is -2.22. The number of carbonyl (C=O) groups is 3. The van der Waals surface area contributed by atoms with Crippen LogP contribution in [0.4, 0.5) is 0 Å². The maximum absolute atomic E-state index is 11.2. The molecule has 0 atom stereocenters. The lowest BCUT2D eigenvalue weighted by Gasteiger charge is -2.03. The molecule has 0 amide bonds. The number of hydrogen-bond donors (Lipinski definition) is 1. The fourth-order valence-electron chi connectivity index (χ4n) is 2.89. The summed E-state index contributed by atoms with van der Waals surface area (Å²) in [5.74, 6) is -3.68. The topological polar surface area (TPSA) is 71.4 Å². The van der Waals surface area contributed by atoms with Crippen molar-refractivity contribution in [3.63, 3.8) is 0 Å². The van der Waals surface area contributed by atoms with Crippen LogP contribution in [0.3, 0.4) is 0 Å². The van der Waals surface area contributed by atoms with E-state index in [1.165, 1.54) is 70.6 Å². The van der Waals surface area contributed by atoms with Gasteiger partial charge in [-0.3, -0.25) is 9.59 Å². The Balaban J connectivity index is 3.19. The van der Waals surface area contributed by atoms with E-state index in [2.05, 4.69) is 6.92 Å². The van der Waals surface area contributed by atoms with Crippen molar-refractivity contribution in [2.45, 2.75) is 110 Å². The zero-order chi connectivity index (χ0) is 18.0. The van der Waals surface area contributed by atoms with Gasteiger partial charge in [0.2, 0.25) is 5.78 Å². The molecule has 0 rings (SSSR count). The smallest absolute Gasteiger partial charge is 0.380 e. The lowest BCUT2D eigenvalue weighted by atomic mass is 10.0. The molecule has 4 nitrogen and oxygen atoms in total. The molecular weight excluding hydrogens is 304 g/mol. The summed E-state index contributed by atoms with van der Waals surface area (Å²) in [6, 6.07) is 0. The third-order valence-corrected chi connectivity index (χ3v) is 4.45. The lowest BCUT2D eigenvalue weighted by molar-refractivity contribution is -0.152. The predicted octanol–water partition coefficient (Wildman–Crippen LogP) is 5.47. The third kappa shape index (κ3) is 14.4. The molecule has 0 bridgehead atoms. The summed E-state index contributed by atoms with van der Waals surface area (Å²) in [7, 11) is 0. The quantitative estimate of drug-likeness (QED) is 0.204. The summed E-state index contributed by atoms with van der Waals surface area (Å²) in [4.78, 5) is 32.4. The van der Waals surface area contributed by atoms with Crippen molar-refractivity contribution in [3.05, 3.63) is 0 Å². The van der Waals surface area contributed by atoms with Crippen LogP contribution in [0.5, 0.6) is 0 Å². The molecule has 0 aromatic rings. The Hall–Kier alpha value is -1.19. The largest absolute Gasteiger partial charge is 0.475 e. The van der Waals surface area contributed by atoms with Gasteiger partial charge in [-0.2, -0.15) is 0 Å². The van der Waals surface area contributed by atoms with Gasteiger partial charge in [0.05, 0.1) is 0 Å². The van der Waals surface area contributed by atoms with E-state index in [-0.39, 0.29) is 6.42 Å². The monoisotopic (exact) mass is 340 g/mol. The maximum atomic E-state index is 11.2. The third-order valence-electron chi connectivity index (χ3n) is 4.45. The summed E-state index contributed by atoms with van der Waals surface area (Å²) >= 11 is 0. The zero-order valence-corrected chi connectivity index (χ0v) is 15.5. The van der Waals surface area contributed by atoms with Gasteiger partial charge in [0.25, 0.3) is 0 Å². The van der Waals surface area contributed by atoms with Crippen molar-refractivity contribution in [1.29, 1.82) is 0 Å². The second-order valence-electron chi connectivity index (χ2n) is 6.76. The highest BCUT2D eigenvalue weighted by Gasteiger charge is 2.20. The molecule has 0 radical (unpaired) electrons. The second-order valence-corrected chi connectivity index (χ2v) is 6.76. The van der Waals surface area contributed by atoms with Gasteiger partial charge < -0.3 is 5.11 Å². The Morgan fingerprint density at radius 3 is 1.25 bits per heavy atom. The van der Waals surface area contributed by atoms with Gasteiger partial charge in [0.1, 0.15) is 0 Å². The summed E-state index contributed by atoms with van der Waals surface area (Å²) in [5, 5.41) is 8.41. The molecule has 0 aromatic heterocycles. The molecule has 0 aliphatic heterocycles. The van der Waals surface area contributed by atoms with Crippen molar-refractivity contribution >= 4 is 17.5 Å². The summed E-state index contributed by atoms with van der Waals surface area (Å²) < 4.78 is 0. The van der Waals surface area contributed by atoms with E-state index in [4.69, 9.17) is 5.11 Å². The van der Waals surface area contributed by atoms with E-state index in [1.54, 1.807) is 0 Å². The van der Waals surface area contributed by atoms with Gasteiger partial charge in [-0.25, -0.2) is 4.79 Å². The molecule has 0 aliphatic carbocycles. The normalized spacial score (nSPS) is 10.7. The highest BCUT2D eigenvalue weighted by atomic mass is 16.4. The van der Waals surface area contributed by atoms with Crippen LogP contribution < -0.4 is 0 Å². The van der Waals surface area contributed by atoms with Crippen LogP contribution >= 0.6 is 0 Å². The van der Waals surface area contributed by atoms with Crippen LogP contribution in [-0.4, -0.2) is 22.6 Å².